The maximum absolute atomic E-state index is 11.4. The van der Waals surface area contributed by atoms with E-state index >= 15 is 0 Å². The Morgan fingerprint density at radius 2 is 2.12 bits per heavy atom. The van der Waals surface area contributed by atoms with Crippen molar-refractivity contribution in [2.24, 2.45) is 5.92 Å². The fourth-order valence-corrected chi connectivity index (χ4v) is 1.37. The molecule has 0 fully saturated rings. The average molecular weight is 232 g/mol. The summed E-state index contributed by atoms with van der Waals surface area (Å²) in [5.41, 5.74) is 0. The van der Waals surface area contributed by atoms with Crippen LogP contribution in [0.5, 0.6) is 0 Å². The minimum atomic E-state index is -0.0271. The first-order chi connectivity index (χ1) is 7.60. The number of carbonyl (C=O) groups is 1. The zero-order valence-electron chi connectivity index (χ0n) is 10.5. The molecule has 0 rings (SSSR count). The number of aliphatic hydroxyl groups is 1. The average Bonchev–Trinajstić information content (AvgIpc) is 2.18. The van der Waals surface area contributed by atoms with Gasteiger partial charge in [-0.1, -0.05) is 6.92 Å². The van der Waals surface area contributed by atoms with Crippen LogP contribution in [0.2, 0.25) is 0 Å². The van der Waals surface area contributed by atoms with Gasteiger partial charge in [0.1, 0.15) is 0 Å². The number of aliphatic hydroxyl groups excluding tert-OH is 1. The second-order valence-electron chi connectivity index (χ2n) is 4.17. The fourth-order valence-electron chi connectivity index (χ4n) is 1.37. The van der Waals surface area contributed by atoms with Crippen molar-refractivity contribution in [2.75, 3.05) is 33.4 Å². The third-order valence-corrected chi connectivity index (χ3v) is 2.22. The number of hydrogen-bond donors (Lipinski definition) is 3. The van der Waals surface area contributed by atoms with Gasteiger partial charge in [0.15, 0.2) is 0 Å². The molecule has 5 heteroatoms. The fraction of sp³-hybridized carbons (Fsp3) is 0.909. The molecule has 0 aliphatic carbocycles. The van der Waals surface area contributed by atoms with Crippen LogP contribution in [0.1, 0.15) is 20.3 Å². The van der Waals surface area contributed by atoms with Gasteiger partial charge in [-0.2, -0.15) is 0 Å². The molecule has 0 heterocycles. The molecule has 0 bridgehead atoms. The number of hydrogen-bond acceptors (Lipinski definition) is 4. The van der Waals surface area contributed by atoms with E-state index in [1.54, 1.807) is 7.11 Å². The molecule has 0 saturated heterocycles. The van der Waals surface area contributed by atoms with Gasteiger partial charge in [-0.25, -0.2) is 0 Å². The molecule has 0 saturated carbocycles. The van der Waals surface area contributed by atoms with Crippen molar-refractivity contribution in [2.45, 2.75) is 26.3 Å². The van der Waals surface area contributed by atoms with Gasteiger partial charge < -0.3 is 20.5 Å². The van der Waals surface area contributed by atoms with Crippen LogP contribution >= 0.6 is 0 Å². The predicted molar refractivity (Wildman–Crippen MR) is 63.2 cm³/mol. The minimum Gasteiger partial charge on any atom is -0.396 e. The molecule has 3 N–H and O–H groups in total. The second kappa shape index (κ2) is 9.57. The zero-order valence-corrected chi connectivity index (χ0v) is 10.5. The van der Waals surface area contributed by atoms with Crippen LogP contribution in [0.4, 0.5) is 0 Å². The summed E-state index contributed by atoms with van der Waals surface area (Å²) in [6.07, 6.45) is 0.759. The van der Waals surface area contributed by atoms with Crippen LogP contribution in [0.25, 0.3) is 0 Å². The summed E-state index contributed by atoms with van der Waals surface area (Å²) in [7, 11) is 1.61. The Morgan fingerprint density at radius 1 is 1.44 bits per heavy atom. The van der Waals surface area contributed by atoms with Crippen molar-refractivity contribution in [3.63, 3.8) is 0 Å². The van der Waals surface area contributed by atoms with Crippen LogP contribution in [0.15, 0.2) is 0 Å². The molecule has 0 radical (unpaired) electrons. The van der Waals surface area contributed by atoms with E-state index in [-0.39, 0.29) is 18.6 Å². The quantitative estimate of drug-likeness (QED) is 0.512. The summed E-state index contributed by atoms with van der Waals surface area (Å²) in [4.78, 5) is 11.4. The van der Waals surface area contributed by atoms with Gasteiger partial charge in [-0.3, -0.25) is 4.79 Å². The SMILES string of the molecule is COCC(C)NC(=O)CNCC(C)CCO. The third kappa shape index (κ3) is 8.64. The monoisotopic (exact) mass is 232 g/mol. The van der Waals surface area contributed by atoms with Crippen molar-refractivity contribution in [3.8, 4) is 0 Å². The summed E-state index contributed by atoms with van der Waals surface area (Å²) in [6, 6.07) is 0.0363. The highest BCUT2D eigenvalue weighted by Crippen LogP contribution is 1.97. The topological polar surface area (TPSA) is 70.6 Å². The first kappa shape index (κ1) is 15.3. The Hall–Kier alpha value is -0.650. The standard InChI is InChI=1S/C11H24N2O3/c1-9(4-5-14)6-12-7-11(15)13-10(2)8-16-3/h9-10,12,14H,4-8H2,1-3H3,(H,13,15). The molecular weight excluding hydrogens is 208 g/mol. The lowest BCUT2D eigenvalue weighted by Crippen LogP contribution is -2.41. The van der Waals surface area contributed by atoms with E-state index in [1.165, 1.54) is 0 Å². The second-order valence-corrected chi connectivity index (χ2v) is 4.17. The van der Waals surface area contributed by atoms with Crippen molar-refractivity contribution in [3.05, 3.63) is 0 Å². The summed E-state index contributed by atoms with van der Waals surface area (Å²) in [6.45, 7) is 5.70. The molecule has 0 spiro atoms. The van der Waals surface area contributed by atoms with E-state index < -0.39 is 0 Å². The van der Waals surface area contributed by atoms with E-state index in [0.717, 1.165) is 13.0 Å². The van der Waals surface area contributed by atoms with Crippen LogP contribution in [-0.4, -0.2) is 50.5 Å². The molecule has 0 aliphatic heterocycles. The van der Waals surface area contributed by atoms with Gasteiger partial charge in [0, 0.05) is 19.8 Å². The lowest BCUT2D eigenvalue weighted by Gasteiger charge is -2.14. The maximum atomic E-state index is 11.4. The highest BCUT2D eigenvalue weighted by Gasteiger charge is 2.07. The van der Waals surface area contributed by atoms with Gasteiger partial charge in [-0.15, -0.1) is 0 Å². The lowest BCUT2D eigenvalue weighted by molar-refractivity contribution is -0.121. The number of methoxy groups -OCH3 is 1. The number of carbonyl (C=O) groups excluding carboxylic acids is 1. The molecule has 2 unspecified atom stereocenters. The number of ether oxygens (including phenoxy) is 1. The van der Waals surface area contributed by atoms with Crippen molar-refractivity contribution >= 4 is 5.91 Å². The summed E-state index contributed by atoms with van der Waals surface area (Å²) >= 11 is 0. The molecule has 0 aliphatic rings. The number of rotatable bonds is 9. The van der Waals surface area contributed by atoms with E-state index in [4.69, 9.17) is 9.84 Å². The van der Waals surface area contributed by atoms with Gasteiger partial charge >= 0.3 is 0 Å². The molecular formula is C11H24N2O3. The first-order valence-corrected chi connectivity index (χ1v) is 5.70. The Morgan fingerprint density at radius 3 is 2.69 bits per heavy atom. The Bertz CT molecular complexity index is 188. The maximum Gasteiger partial charge on any atom is 0.234 e. The van der Waals surface area contributed by atoms with E-state index in [0.29, 0.717) is 19.1 Å². The predicted octanol–water partition coefficient (Wildman–Crippen LogP) is -0.254. The Kier molecular flexibility index (Phi) is 9.18. The van der Waals surface area contributed by atoms with Crippen molar-refractivity contribution < 1.29 is 14.6 Å². The summed E-state index contributed by atoms with van der Waals surface area (Å²) < 4.78 is 4.92. The van der Waals surface area contributed by atoms with Gasteiger partial charge in [0.25, 0.3) is 0 Å². The summed E-state index contributed by atoms with van der Waals surface area (Å²) in [5, 5.41) is 14.6. The Balaban J connectivity index is 3.50. The smallest absolute Gasteiger partial charge is 0.234 e. The molecule has 5 nitrogen and oxygen atoms in total. The molecule has 0 aromatic carbocycles. The van der Waals surface area contributed by atoms with Crippen LogP contribution in [-0.2, 0) is 9.53 Å². The van der Waals surface area contributed by atoms with Crippen LogP contribution in [0, 0.1) is 5.92 Å². The molecule has 16 heavy (non-hydrogen) atoms. The lowest BCUT2D eigenvalue weighted by atomic mass is 10.1. The van der Waals surface area contributed by atoms with E-state index in [2.05, 4.69) is 10.6 Å². The molecule has 0 aromatic rings. The van der Waals surface area contributed by atoms with Crippen LogP contribution in [0.3, 0.4) is 0 Å². The van der Waals surface area contributed by atoms with E-state index in [1.807, 2.05) is 13.8 Å². The number of amides is 1. The van der Waals surface area contributed by atoms with E-state index in [9.17, 15) is 4.79 Å². The first-order valence-electron chi connectivity index (χ1n) is 5.70. The Labute approximate surface area is 97.6 Å². The van der Waals surface area contributed by atoms with Gasteiger partial charge in [0.05, 0.1) is 13.2 Å². The molecule has 1 amide bonds. The largest absolute Gasteiger partial charge is 0.396 e. The van der Waals surface area contributed by atoms with Crippen LogP contribution < -0.4 is 10.6 Å². The van der Waals surface area contributed by atoms with Crippen molar-refractivity contribution in [1.29, 1.82) is 0 Å². The van der Waals surface area contributed by atoms with Crippen molar-refractivity contribution in [1.82, 2.24) is 10.6 Å². The highest BCUT2D eigenvalue weighted by molar-refractivity contribution is 5.78. The van der Waals surface area contributed by atoms with Gasteiger partial charge in [0.2, 0.25) is 5.91 Å². The normalized spacial score (nSPS) is 14.5. The summed E-state index contributed by atoms with van der Waals surface area (Å²) in [5.74, 6) is 0.356. The molecule has 96 valence electrons. The number of nitrogens with one attached hydrogen (secondary N) is 2. The molecule has 2 atom stereocenters. The van der Waals surface area contributed by atoms with Gasteiger partial charge in [-0.05, 0) is 25.8 Å². The third-order valence-electron chi connectivity index (χ3n) is 2.22. The minimum absolute atomic E-state index is 0.0271. The molecule has 0 aromatic heterocycles. The highest BCUT2D eigenvalue weighted by atomic mass is 16.5. The zero-order chi connectivity index (χ0) is 12.4.